The van der Waals surface area contributed by atoms with Crippen molar-refractivity contribution in [2.75, 3.05) is 13.2 Å². The summed E-state index contributed by atoms with van der Waals surface area (Å²) in [6.07, 6.45) is 2.06. The summed E-state index contributed by atoms with van der Waals surface area (Å²) >= 11 is 0. The van der Waals surface area contributed by atoms with Crippen LogP contribution in [0.4, 0.5) is 0 Å². The molecule has 1 heterocycles. The van der Waals surface area contributed by atoms with Gasteiger partial charge in [0.05, 0.1) is 12.3 Å². The zero-order valence-electron chi connectivity index (χ0n) is 11.8. The van der Waals surface area contributed by atoms with Gasteiger partial charge in [-0.3, -0.25) is 4.68 Å². The molecule has 0 aliphatic carbocycles. The molecule has 1 aromatic heterocycles. The van der Waals surface area contributed by atoms with E-state index in [2.05, 4.69) is 35.7 Å². The van der Waals surface area contributed by atoms with Crippen molar-refractivity contribution in [1.29, 1.82) is 0 Å². The molecule has 0 aliphatic heterocycles. The molecule has 0 saturated heterocycles. The van der Waals surface area contributed by atoms with E-state index in [9.17, 15) is 0 Å². The van der Waals surface area contributed by atoms with Gasteiger partial charge in [-0.15, -0.1) is 0 Å². The lowest BCUT2D eigenvalue weighted by Gasteiger charge is -2.05. The molecule has 1 aromatic carbocycles. The van der Waals surface area contributed by atoms with Gasteiger partial charge in [0.2, 0.25) is 0 Å². The maximum Gasteiger partial charge on any atom is 0.119 e. The molecular formula is C15H21N3O. The number of benzene rings is 1. The van der Waals surface area contributed by atoms with Crippen LogP contribution >= 0.6 is 0 Å². The Morgan fingerprint density at radius 1 is 1.21 bits per heavy atom. The minimum Gasteiger partial charge on any atom is -0.494 e. The minimum absolute atomic E-state index is 0.689. The summed E-state index contributed by atoms with van der Waals surface area (Å²) in [4.78, 5) is 0. The first-order chi connectivity index (χ1) is 9.24. The van der Waals surface area contributed by atoms with Crippen LogP contribution in [0.25, 0.3) is 11.3 Å². The first kappa shape index (κ1) is 13.6. The highest BCUT2D eigenvalue weighted by atomic mass is 16.5. The number of aryl methyl sites for hydroxylation is 1. The first-order valence-corrected chi connectivity index (χ1v) is 6.71. The molecular weight excluding hydrogens is 238 g/mol. The molecule has 0 aliphatic rings. The van der Waals surface area contributed by atoms with Crippen molar-refractivity contribution in [2.24, 2.45) is 7.05 Å². The Labute approximate surface area is 114 Å². The lowest BCUT2D eigenvalue weighted by Crippen LogP contribution is -2.11. The molecule has 2 aromatic rings. The molecule has 0 amide bonds. The second kappa shape index (κ2) is 6.38. The van der Waals surface area contributed by atoms with Gasteiger partial charge >= 0.3 is 0 Å². The Balaban J connectivity index is 2.24. The molecule has 0 fully saturated rings. The monoisotopic (exact) mass is 259 g/mol. The van der Waals surface area contributed by atoms with Crippen molar-refractivity contribution in [3.8, 4) is 17.0 Å². The zero-order valence-corrected chi connectivity index (χ0v) is 11.8. The largest absolute Gasteiger partial charge is 0.494 e. The van der Waals surface area contributed by atoms with Crippen LogP contribution in [0, 0.1) is 0 Å². The van der Waals surface area contributed by atoms with E-state index in [1.807, 2.05) is 30.8 Å². The predicted molar refractivity (Wildman–Crippen MR) is 77.2 cm³/mol. The van der Waals surface area contributed by atoms with E-state index in [1.165, 1.54) is 5.56 Å². The van der Waals surface area contributed by atoms with E-state index in [1.54, 1.807) is 0 Å². The number of aromatic nitrogens is 2. The average Bonchev–Trinajstić information content (AvgIpc) is 2.79. The molecule has 0 atom stereocenters. The molecule has 102 valence electrons. The fraction of sp³-hybridized carbons (Fsp3) is 0.400. The molecule has 4 heteroatoms. The predicted octanol–water partition coefficient (Wildman–Crippen LogP) is 2.60. The lowest BCUT2D eigenvalue weighted by atomic mass is 10.1. The van der Waals surface area contributed by atoms with E-state index in [0.717, 1.165) is 30.1 Å². The third-order valence-electron chi connectivity index (χ3n) is 2.91. The summed E-state index contributed by atoms with van der Waals surface area (Å²) in [5, 5.41) is 7.89. The van der Waals surface area contributed by atoms with E-state index < -0.39 is 0 Å². The Bertz CT molecular complexity index is 517. The normalized spacial score (nSPS) is 10.7. The second-order valence-electron chi connectivity index (χ2n) is 4.41. The summed E-state index contributed by atoms with van der Waals surface area (Å²) in [6, 6.07) is 8.10. The minimum atomic E-state index is 0.689. The highest BCUT2D eigenvalue weighted by Gasteiger charge is 2.09. The van der Waals surface area contributed by atoms with Crippen LogP contribution in [0.15, 0.2) is 30.5 Å². The Kier molecular flexibility index (Phi) is 4.58. The quantitative estimate of drug-likeness (QED) is 0.866. The SMILES string of the molecule is CCNCc1cn(C)nc1-c1ccc(OCC)cc1. The zero-order chi connectivity index (χ0) is 13.7. The van der Waals surface area contributed by atoms with Gasteiger partial charge in [-0.25, -0.2) is 0 Å². The molecule has 19 heavy (non-hydrogen) atoms. The van der Waals surface area contributed by atoms with Crippen LogP contribution < -0.4 is 10.1 Å². The summed E-state index contributed by atoms with van der Waals surface area (Å²) in [5.41, 5.74) is 3.37. The van der Waals surface area contributed by atoms with E-state index in [-0.39, 0.29) is 0 Å². The third kappa shape index (κ3) is 3.35. The Morgan fingerprint density at radius 3 is 2.58 bits per heavy atom. The van der Waals surface area contributed by atoms with Crippen LogP contribution in [0.5, 0.6) is 5.75 Å². The molecule has 0 bridgehead atoms. The summed E-state index contributed by atoms with van der Waals surface area (Å²) in [6.45, 7) is 6.58. The molecule has 0 saturated carbocycles. The first-order valence-electron chi connectivity index (χ1n) is 6.71. The second-order valence-corrected chi connectivity index (χ2v) is 4.41. The van der Waals surface area contributed by atoms with E-state index in [4.69, 9.17) is 4.74 Å². The fourth-order valence-electron chi connectivity index (χ4n) is 2.05. The number of hydrogen-bond acceptors (Lipinski definition) is 3. The van der Waals surface area contributed by atoms with Gasteiger partial charge in [0.1, 0.15) is 5.75 Å². The molecule has 0 unspecified atom stereocenters. The topological polar surface area (TPSA) is 39.1 Å². The highest BCUT2D eigenvalue weighted by molar-refractivity contribution is 5.63. The number of ether oxygens (including phenoxy) is 1. The van der Waals surface area contributed by atoms with Gasteiger partial charge in [-0.2, -0.15) is 5.10 Å². The molecule has 2 rings (SSSR count). The van der Waals surface area contributed by atoms with Crippen LogP contribution in [-0.2, 0) is 13.6 Å². The van der Waals surface area contributed by atoms with Gasteiger partial charge in [-0.1, -0.05) is 6.92 Å². The highest BCUT2D eigenvalue weighted by Crippen LogP contribution is 2.24. The van der Waals surface area contributed by atoms with E-state index in [0.29, 0.717) is 6.61 Å². The summed E-state index contributed by atoms with van der Waals surface area (Å²) in [7, 11) is 1.95. The van der Waals surface area contributed by atoms with Crippen LogP contribution in [-0.4, -0.2) is 22.9 Å². The summed E-state index contributed by atoms with van der Waals surface area (Å²) < 4.78 is 7.32. The maximum absolute atomic E-state index is 5.46. The fourth-order valence-corrected chi connectivity index (χ4v) is 2.05. The van der Waals surface area contributed by atoms with Crippen molar-refractivity contribution in [1.82, 2.24) is 15.1 Å². The molecule has 4 nitrogen and oxygen atoms in total. The van der Waals surface area contributed by atoms with Gasteiger partial charge < -0.3 is 10.1 Å². The van der Waals surface area contributed by atoms with Crippen molar-refractivity contribution in [3.63, 3.8) is 0 Å². The van der Waals surface area contributed by atoms with E-state index >= 15 is 0 Å². The lowest BCUT2D eigenvalue weighted by molar-refractivity contribution is 0.340. The maximum atomic E-state index is 5.46. The third-order valence-corrected chi connectivity index (χ3v) is 2.91. The van der Waals surface area contributed by atoms with Gasteiger partial charge in [-0.05, 0) is 37.7 Å². The Morgan fingerprint density at radius 2 is 1.95 bits per heavy atom. The molecule has 0 spiro atoms. The standard InChI is InChI=1S/C15H21N3O/c1-4-16-10-13-11-18(3)17-15(13)12-6-8-14(9-7-12)19-5-2/h6-9,11,16H,4-5,10H2,1-3H3. The van der Waals surface area contributed by atoms with Crippen LogP contribution in [0.3, 0.4) is 0 Å². The van der Waals surface area contributed by atoms with Crippen molar-refractivity contribution in [3.05, 3.63) is 36.0 Å². The van der Waals surface area contributed by atoms with Crippen molar-refractivity contribution >= 4 is 0 Å². The number of nitrogens with one attached hydrogen (secondary N) is 1. The molecule has 0 radical (unpaired) electrons. The van der Waals surface area contributed by atoms with Crippen molar-refractivity contribution in [2.45, 2.75) is 20.4 Å². The van der Waals surface area contributed by atoms with Gasteiger partial charge in [0.15, 0.2) is 0 Å². The molecule has 1 N–H and O–H groups in total. The average molecular weight is 259 g/mol. The number of nitrogens with zero attached hydrogens (tertiary/aromatic N) is 2. The smallest absolute Gasteiger partial charge is 0.119 e. The number of hydrogen-bond donors (Lipinski definition) is 1. The van der Waals surface area contributed by atoms with Gasteiger partial charge in [0.25, 0.3) is 0 Å². The summed E-state index contributed by atoms with van der Waals surface area (Å²) in [5.74, 6) is 0.899. The van der Waals surface area contributed by atoms with Gasteiger partial charge in [0, 0.05) is 30.9 Å². The van der Waals surface area contributed by atoms with Crippen LogP contribution in [0.2, 0.25) is 0 Å². The Hall–Kier alpha value is -1.81. The van der Waals surface area contributed by atoms with Crippen LogP contribution in [0.1, 0.15) is 19.4 Å². The number of rotatable bonds is 6. The van der Waals surface area contributed by atoms with Crippen molar-refractivity contribution < 1.29 is 4.74 Å².